The maximum Gasteiger partial charge on any atom is 0.237 e. The molecule has 2 amide bonds. The van der Waals surface area contributed by atoms with Crippen molar-refractivity contribution < 1.29 is 9.59 Å². The van der Waals surface area contributed by atoms with Gasteiger partial charge in [-0.05, 0) is 25.2 Å². The van der Waals surface area contributed by atoms with Gasteiger partial charge in [0, 0.05) is 39.1 Å². The molecule has 1 aliphatic carbocycles. The molecule has 4 atom stereocenters. The first-order valence-electron chi connectivity index (χ1n) is 8.70. The molecule has 22 heavy (non-hydrogen) atoms. The SMILES string of the molecule is CC(=O)N1CCN([C@H](C)C(=O)N[C@@H]2CCC[C@H](C)[C@H]2C)CC1. The Labute approximate surface area is 134 Å². The molecule has 2 fully saturated rings. The van der Waals surface area contributed by atoms with E-state index in [2.05, 4.69) is 24.1 Å². The Morgan fingerprint density at radius 2 is 1.73 bits per heavy atom. The summed E-state index contributed by atoms with van der Waals surface area (Å²) in [6.45, 7) is 11.1. The molecule has 0 unspecified atom stereocenters. The summed E-state index contributed by atoms with van der Waals surface area (Å²) in [7, 11) is 0. The Balaban J connectivity index is 1.83. The van der Waals surface area contributed by atoms with Crippen LogP contribution in [0.3, 0.4) is 0 Å². The monoisotopic (exact) mass is 309 g/mol. The Morgan fingerprint density at radius 3 is 2.32 bits per heavy atom. The molecule has 1 aliphatic heterocycles. The van der Waals surface area contributed by atoms with E-state index < -0.39 is 0 Å². The number of piperazine rings is 1. The summed E-state index contributed by atoms with van der Waals surface area (Å²) >= 11 is 0. The van der Waals surface area contributed by atoms with Gasteiger partial charge in [0.05, 0.1) is 6.04 Å². The molecule has 1 saturated carbocycles. The van der Waals surface area contributed by atoms with Crippen molar-refractivity contribution in [3.8, 4) is 0 Å². The third-order valence-corrected chi connectivity index (χ3v) is 5.72. The average molecular weight is 309 g/mol. The fourth-order valence-electron chi connectivity index (χ4n) is 3.68. The highest BCUT2D eigenvalue weighted by atomic mass is 16.2. The molecule has 2 aliphatic rings. The minimum atomic E-state index is -0.112. The normalized spacial score (nSPS) is 31.6. The van der Waals surface area contributed by atoms with Crippen LogP contribution in [0.2, 0.25) is 0 Å². The quantitative estimate of drug-likeness (QED) is 0.859. The van der Waals surface area contributed by atoms with E-state index in [0.29, 0.717) is 17.9 Å². The first-order chi connectivity index (χ1) is 10.4. The molecule has 2 rings (SSSR count). The summed E-state index contributed by atoms with van der Waals surface area (Å²) in [6.07, 6.45) is 3.58. The zero-order chi connectivity index (χ0) is 16.3. The third-order valence-electron chi connectivity index (χ3n) is 5.72. The van der Waals surface area contributed by atoms with E-state index in [0.717, 1.165) is 32.6 Å². The summed E-state index contributed by atoms with van der Waals surface area (Å²) < 4.78 is 0. The van der Waals surface area contributed by atoms with Crippen molar-refractivity contribution in [3.63, 3.8) is 0 Å². The van der Waals surface area contributed by atoms with Crippen molar-refractivity contribution in [3.05, 3.63) is 0 Å². The van der Waals surface area contributed by atoms with Gasteiger partial charge in [-0.1, -0.05) is 26.7 Å². The Hall–Kier alpha value is -1.10. The van der Waals surface area contributed by atoms with E-state index in [9.17, 15) is 9.59 Å². The molecule has 0 aromatic heterocycles. The molecule has 126 valence electrons. The highest BCUT2D eigenvalue weighted by Crippen LogP contribution is 2.29. The minimum Gasteiger partial charge on any atom is -0.352 e. The van der Waals surface area contributed by atoms with Crippen molar-refractivity contribution in [1.29, 1.82) is 0 Å². The lowest BCUT2D eigenvalue weighted by molar-refractivity contribution is -0.132. The number of hydrogen-bond donors (Lipinski definition) is 1. The number of amides is 2. The van der Waals surface area contributed by atoms with Crippen LogP contribution < -0.4 is 5.32 Å². The van der Waals surface area contributed by atoms with Crippen molar-refractivity contribution in [2.45, 2.75) is 59.0 Å². The standard InChI is InChI=1S/C17H31N3O2/c1-12-6-5-7-16(13(12)2)18-17(22)14(3)19-8-10-20(11-9-19)15(4)21/h12-14,16H,5-11H2,1-4H3,(H,18,22)/t12-,13+,14+,16+/m0/s1. The van der Waals surface area contributed by atoms with E-state index in [1.165, 1.54) is 12.8 Å². The van der Waals surface area contributed by atoms with Gasteiger partial charge in [0.15, 0.2) is 0 Å². The molecule has 1 heterocycles. The van der Waals surface area contributed by atoms with Crippen LogP contribution in [0.25, 0.3) is 0 Å². The van der Waals surface area contributed by atoms with Crippen LogP contribution in [0.15, 0.2) is 0 Å². The molecule has 0 spiro atoms. The molecule has 0 aromatic carbocycles. The van der Waals surface area contributed by atoms with Crippen molar-refractivity contribution in [2.75, 3.05) is 26.2 Å². The lowest BCUT2D eigenvalue weighted by atomic mass is 9.78. The number of nitrogens with one attached hydrogen (secondary N) is 1. The maximum atomic E-state index is 12.5. The predicted octanol–water partition coefficient (Wildman–Crippen LogP) is 1.48. The van der Waals surface area contributed by atoms with Crippen molar-refractivity contribution in [1.82, 2.24) is 15.1 Å². The van der Waals surface area contributed by atoms with E-state index in [1.54, 1.807) is 6.92 Å². The van der Waals surface area contributed by atoms with Gasteiger partial charge in [-0.2, -0.15) is 0 Å². The third kappa shape index (κ3) is 4.00. The molecule has 0 bridgehead atoms. The molecule has 0 radical (unpaired) electrons. The number of rotatable bonds is 3. The van der Waals surface area contributed by atoms with Gasteiger partial charge in [0.2, 0.25) is 11.8 Å². The van der Waals surface area contributed by atoms with Crippen LogP contribution in [0.1, 0.15) is 47.0 Å². The number of carbonyl (C=O) groups is 2. The fourth-order valence-corrected chi connectivity index (χ4v) is 3.68. The summed E-state index contributed by atoms with van der Waals surface area (Å²) in [4.78, 5) is 28.0. The molecule has 0 aromatic rings. The van der Waals surface area contributed by atoms with Crippen LogP contribution in [0.4, 0.5) is 0 Å². The summed E-state index contributed by atoms with van der Waals surface area (Å²) in [6, 6.07) is 0.204. The molecule has 1 N–H and O–H groups in total. The van der Waals surface area contributed by atoms with Crippen LogP contribution >= 0.6 is 0 Å². The van der Waals surface area contributed by atoms with Gasteiger partial charge in [0.1, 0.15) is 0 Å². The molecule has 5 nitrogen and oxygen atoms in total. The topological polar surface area (TPSA) is 52.7 Å². The second-order valence-corrected chi connectivity index (χ2v) is 7.10. The summed E-state index contributed by atoms with van der Waals surface area (Å²) in [5.74, 6) is 1.51. The first kappa shape index (κ1) is 17.3. The number of nitrogens with zero attached hydrogens (tertiary/aromatic N) is 2. The van der Waals surface area contributed by atoms with E-state index in [-0.39, 0.29) is 17.9 Å². The van der Waals surface area contributed by atoms with Crippen molar-refractivity contribution in [2.24, 2.45) is 11.8 Å². The molecular formula is C17H31N3O2. The number of carbonyl (C=O) groups excluding carboxylic acids is 2. The lowest BCUT2D eigenvalue weighted by Gasteiger charge is -2.39. The lowest BCUT2D eigenvalue weighted by Crippen LogP contribution is -2.56. The summed E-state index contributed by atoms with van der Waals surface area (Å²) in [5.41, 5.74) is 0. The van der Waals surface area contributed by atoms with Crippen molar-refractivity contribution >= 4 is 11.8 Å². The van der Waals surface area contributed by atoms with Gasteiger partial charge in [-0.25, -0.2) is 0 Å². The van der Waals surface area contributed by atoms with E-state index >= 15 is 0 Å². The number of hydrogen-bond acceptors (Lipinski definition) is 3. The Kier molecular flexibility index (Phi) is 5.84. The highest BCUT2D eigenvalue weighted by Gasteiger charge is 2.31. The van der Waals surface area contributed by atoms with Crippen LogP contribution in [0, 0.1) is 11.8 Å². The van der Waals surface area contributed by atoms with E-state index in [4.69, 9.17) is 0 Å². The first-order valence-corrected chi connectivity index (χ1v) is 8.70. The van der Waals surface area contributed by atoms with Crippen LogP contribution in [0.5, 0.6) is 0 Å². The van der Waals surface area contributed by atoms with Gasteiger partial charge in [0.25, 0.3) is 0 Å². The molecular weight excluding hydrogens is 278 g/mol. The second kappa shape index (κ2) is 7.44. The molecule has 5 heteroatoms. The van der Waals surface area contributed by atoms with Crippen LogP contribution in [-0.4, -0.2) is 59.9 Å². The minimum absolute atomic E-state index is 0.112. The van der Waals surface area contributed by atoms with Gasteiger partial charge in [-0.3, -0.25) is 14.5 Å². The van der Waals surface area contributed by atoms with Gasteiger partial charge < -0.3 is 10.2 Å². The Morgan fingerprint density at radius 1 is 1.09 bits per heavy atom. The highest BCUT2D eigenvalue weighted by molar-refractivity contribution is 5.81. The van der Waals surface area contributed by atoms with Crippen LogP contribution in [-0.2, 0) is 9.59 Å². The smallest absolute Gasteiger partial charge is 0.237 e. The molecule has 1 saturated heterocycles. The fraction of sp³-hybridized carbons (Fsp3) is 0.882. The zero-order valence-corrected chi connectivity index (χ0v) is 14.5. The second-order valence-electron chi connectivity index (χ2n) is 7.10. The summed E-state index contributed by atoms with van der Waals surface area (Å²) in [5, 5.41) is 3.27. The average Bonchev–Trinajstić information content (AvgIpc) is 2.51. The largest absolute Gasteiger partial charge is 0.352 e. The van der Waals surface area contributed by atoms with Gasteiger partial charge in [-0.15, -0.1) is 0 Å². The predicted molar refractivity (Wildman–Crippen MR) is 87.4 cm³/mol. The van der Waals surface area contributed by atoms with E-state index in [1.807, 2.05) is 11.8 Å². The zero-order valence-electron chi connectivity index (χ0n) is 14.5. The Bertz CT molecular complexity index is 405. The van der Waals surface area contributed by atoms with Gasteiger partial charge >= 0.3 is 0 Å². The maximum absolute atomic E-state index is 12.5.